The van der Waals surface area contributed by atoms with E-state index in [1.165, 1.54) is 31.8 Å². The van der Waals surface area contributed by atoms with Crippen molar-refractivity contribution in [2.24, 2.45) is 0 Å². The van der Waals surface area contributed by atoms with Crippen LogP contribution in [-0.4, -0.2) is 107 Å². The highest BCUT2D eigenvalue weighted by Gasteiger charge is 2.48. The molecule has 0 radical (unpaired) electrons. The third-order valence-electron chi connectivity index (χ3n) is 8.08. The highest BCUT2D eigenvalue weighted by molar-refractivity contribution is 7.80. The number of unbranched alkanes of at least 4 members (excludes halogenated alkanes) is 12. The molecule has 0 aromatic rings. The number of aliphatic hydroxyl groups is 5. The molecule has 1 aliphatic heterocycles. The Bertz CT molecular complexity index is 979. The van der Waals surface area contributed by atoms with Gasteiger partial charge in [0, 0.05) is 0 Å². The normalized spacial score (nSPS) is 24.1. The van der Waals surface area contributed by atoms with Crippen LogP contribution >= 0.6 is 0 Å². The molecule has 1 fully saturated rings. The summed E-state index contributed by atoms with van der Waals surface area (Å²) < 4.78 is 47.0. The molecule has 276 valence electrons. The minimum absolute atomic E-state index is 0.227. The van der Waals surface area contributed by atoms with Crippen LogP contribution in [-0.2, 0) is 28.9 Å². The largest absolute Gasteiger partial charge is 0.397 e. The Kier molecular flexibility index (Phi) is 23.6. The van der Waals surface area contributed by atoms with Crippen molar-refractivity contribution in [2.75, 3.05) is 13.2 Å². The number of hydrogen-bond acceptors (Lipinski definition) is 11. The van der Waals surface area contributed by atoms with E-state index in [4.69, 9.17) is 14.0 Å². The lowest BCUT2D eigenvalue weighted by atomic mass is 9.99. The fourth-order valence-electron chi connectivity index (χ4n) is 5.20. The number of ether oxygens (including phenoxy) is 2. The maximum atomic E-state index is 12.9. The molecule has 0 aliphatic carbocycles. The highest BCUT2D eigenvalue weighted by atomic mass is 32.3. The van der Waals surface area contributed by atoms with Crippen LogP contribution in [0, 0.1) is 0 Å². The van der Waals surface area contributed by atoms with Crippen LogP contribution in [0.25, 0.3) is 0 Å². The van der Waals surface area contributed by atoms with Gasteiger partial charge in [0.2, 0.25) is 5.91 Å². The molecule has 13 nitrogen and oxygen atoms in total. The maximum absolute atomic E-state index is 12.9. The highest BCUT2D eigenvalue weighted by Crippen LogP contribution is 2.26. The van der Waals surface area contributed by atoms with Gasteiger partial charge in [0.15, 0.2) is 6.29 Å². The Morgan fingerprint density at radius 2 is 1.43 bits per heavy atom. The van der Waals surface area contributed by atoms with E-state index in [9.17, 15) is 38.7 Å². The molecule has 1 heterocycles. The van der Waals surface area contributed by atoms with Gasteiger partial charge in [-0.1, -0.05) is 102 Å². The van der Waals surface area contributed by atoms with Gasteiger partial charge in [0.05, 0.1) is 25.4 Å². The van der Waals surface area contributed by atoms with Gasteiger partial charge in [0.25, 0.3) is 0 Å². The monoisotopic (exact) mass is 695 g/mol. The Morgan fingerprint density at radius 3 is 2.04 bits per heavy atom. The number of nitrogens with one attached hydrogen (secondary N) is 1. The minimum atomic E-state index is -5.11. The summed E-state index contributed by atoms with van der Waals surface area (Å²) in [5.74, 6) is -0.720. The molecule has 8 atom stereocenters. The predicted octanol–water partition coefficient (Wildman–Crippen LogP) is 3.23. The number of allylic oxidation sites excluding steroid dienone is 3. The first-order valence-electron chi connectivity index (χ1n) is 17.3. The molecule has 14 heteroatoms. The van der Waals surface area contributed by atoms with Gasteiger partial charge in [-0.25, -0.2) is 4.18 Å². The summed E-state index contributed by atoms with van der Waals surface area (Å²) in [5, 5.41) is 54.5. The lowest BCUT2D eigenvalue weighted by Gasteiger charge is -2.41. The van der Waals surface area contributed by atoms with E-state index in [1.54, 1.807) is 6.08 Å². The van der Waals surface area contributed by atoms with E-state index in [-0.39, 0.29) is 6.42 Å². The first-order chi connectivity index (χ1) is 22.4. The first-order valence-corrected chi connectivity index (χ1v) is 18.7. The van der Waals surface area contributed by atoms with Crippen molar-refractivity contribution in [2.45, 2.75) is 166 Å². The Balaban J connectivity index is 2.79. The van der Waals surface area contributed by atoms with Crippen molar-refractivity contribution < 1.29 is 57.0 Å². The molecule has 7 N–H and O–H groups in total. The van der Waals surface area contributed by atoms with E-state index >= 15 is 0 Å². The summed E-state index contributed by atoms with van der Waals surface area (Å²) in [6.07, 6.45) is 11.8. The van der Waals surface area contributed by atoms with Crippen molar-refractivity contribution in [3.63, 3.8) is 0 Å². The van der Waals surface area contributed by atoms with Gasteiger partial charge in [0.1, 0.15) is 30.5 Å². The fraction of sp³-hybridized carbons (Fsp3) is 0.848. The van der Waals surface area contributed by atoms with E-state index in [0.29, 0.717) is 12.8 Å². The topological polar surface area (TPSA) is 212 Å². The standard InChI is InChI=1S/C33H61NO12S/c1-3-5-7-9-11-13-14-16-18-20-22-27(37)32(40)34-25(26(36)21-19-17-15-12-10-8-6-4-2)24-44-33-30(39)31(46-47(41,42)43)29(38)28(23-35)45-33/h9,11,19,21,25-31,33,35-39H,3-8,10,12-18,20,22-24H2,1-2H3,(H,34,40)(H,41,42,43)/b11-9-,21-19+. The van der Waals surface area contributed by atoms with Crippen LogP contribution in [0.5, 0.6) is 0 Å². The number of carbonyl (C=O) groups excluding carboxylic acids is 1. The van der Waals surface area contributed by atoms with Crippen molar-refractivity contribution in [3.8, 4) is 0 Å². The molecular formula is C33H61NO12S. The van der Waals surface area contributed by atoms with E-state index in [2.05, 4.69) is 35.5 Å². The van der Waals surface area contributed by atoms with Crippen molar-refractivity contribution >= 4 is 16.3 Å². The molecule has 8 unspecified atom stereocenters. The predicted molar refractivity (Wildman–Crippen MR) is 178 cm³/mol. The summed E-state index contributed by atoms with van der Waals surface area (Å²) in [6.45, 7) is 3.04. The average molecular weight is 696 g/mol. The zero-order valence-electron chi connectivity index (χ0n) is 28.2. The molecule has 47 heavy (non-hydrogen) atoms. The molecule has 1 saturated heterocycles. The Labute approximate surface area is 281 Å². The molecular weight excluding hydrogens is 634 g/mol. The van der Waals surface area contributed by atoms with Crippen LogP contribution in [0.3, 0.4) is 0 Å². The second-order valence-electron chi connectivity index (χ2n) is 12.2. The number of aliphatic hydroxyl groups excluding tert-OH is 5. The third-order valence-corrected chi connectivity index (χ3v) is 8.55. The molecule has 1 rings (SSSR count). The van der Waals surface area contributed by atoms with Gasteiger partial charge < -0.3 is 40.3 Å². The molecule has 0 bridgehead atoms. The van der Waals surface area contributed by atoms with Gasteiger partial charge in [-0.3, -0.25) is 9.35 Å². The van der Waals surface area contributed by atoms with Gasteiger partial charge in [-0.15, -0.1) is 0 Å². The number of rotatable bonds is 27. The van der Waals surface area contributed by atoms with Gasteiger partial charge in [-0.2, -0.15) is 8.42 Å². The molecule has 0 spiro atoms. The Hall–Kier alpha value is -1.46. The van der Waals surface area contributed by atoms with Crippen molar-refractivity contribution in [1.29, 1.82) is 0 Å². The summed E-state index contributed by atoms with van der Waals surface area (Å²) >= 11 is 0. The number of amides is 1. The number of carbonyl (C=O) groups is 1. The maximum Gasteiger partial charge on any atom is 0.397 e. The van der Waals surface area contributed by atoms with E-state index < -0.39 is 78.5 Å². The summed E-state index contributed by atoms with van der Waals surface area (Å²) in [7, 11) is -5.11. The molecule has 0 aromatic carbocycles. The Morgan fingerprint density at radius 1 is 0.851 bits per heavy atom. The van der Waals surface area contributed by atoms with E-state index in [1.807, 2.05) is 0 Å². The second kappa shape index (κ2) is 25.5. The van der Waals surface area contributed by atoms with Crippen LogP contribution in [0.2, 0.25) is 0 Å². The van der Waals surface area contributed by atoms with Gasteiger partial charge in [-0.05, 0) is 38.5 Å². The third kappa shape index (κ3) is 19.4. The van der Waals surface area contributed by atoms with Crippen LogP contribution in [0.1, 0.15) is 117 Å². The number of hydrogen-bond donors (Lipinski definition) is 7. The van der Waals surface area contributed by atoms with Crippen molar-refractivity contribution in [1.82, 2.24) is 5.32 Å². The average Bonchev–Trinajstić information content (AvgIpc) is 3.03. The summed E-state index contributed by atoms with van der Waals surface area (Å²) in [5.41, 5.74) is 0. The summed E-state index contributed by atoms with van der Waals surface area (Å²) in [6, 6.07) is -1.12. The quantitative estimate of drug-likeness (QED) is 0.0375. The zero-order valence-corrected chi connectivity index (χ0v) is 29.0. The molecule has 1 aliphatic rings. The van der Waals surface area contributed by atoms with Crippen LogP contribution < -0.4 is 5.32 Å². The molecule has 0 saturated carbocycles. The zero-order chi connectivity index (χ0) is 35.1. The minimum Gasteiger partial charge on any atom is -0.394 e. The van der Waals surface area contributed by atoms with Crippen LogP contribution in [0.4, 0.5) is 0 Å². The lowest BCUT2D eigenvalue weighted by Crippen LogP contribution is -2.61. The smallest absolute Gasteiger partial charge is 0.394 e. The molecule has 0 aromatic heterocycles. The SMILES string of the molecule is CCCC/C=C\CCCCCCC(O)C(=O)NC(COC1OC(CO)C(O)C(OS(=O)(=O)O)C1O)C(O)/C=C/CCCCCCCC. The summed E-state index contributed by atoms with van der Waals surface area (Å²) in [4.78, 5) is 12.9. The molecule has 1 amide bonds. The van der Waals surface area contributed by atoms with E-state index in [0.717, 1.165) is 57.8 Å². The van der Waals surface area contributed by atoms with Crippen LogP contribution in [0.15, 0.2) is 24.3 Å². The van der Waals surface area contributed by atoms with Crippen molar-refractivity contribution in [3.05, 3.63) is 24.3 Å². The second-order valence-corrected chi connectivity index (χ2v) is 13.3. The van der Waals surface area contributed by atoms with Gasteiger partial charge >= 0.3 is 10.4 Å². The lowest BCUT2D eigenvalue weighted by molar-refractivity contribution is -0.298. The first kappa shape index (κ1) is 43.6. The fourth-order valence-corrected chi connectivity index (χ4v) is 5.71.